The third-order valence-corrected chi connectivity index (χ3v) is 4.27. The van der Waals surface area contributed by atoms with E-state index < -0.39 is 0 Å². The van der Waals surface area contributed by atoms with E-state index in [0.717, 1.165) is 25.1 Å². The van der Waals surface area contributed by atoms with Crippen molar-refractivity contribution < 1.29 is 14.6 Å². The van der Waals surface area contributed by atoms with E-state index in [2.05, 4.69) is 11.4 Å². The molecule has 23 heavy (non-hydrogen) atoms. The monoisotopic (exact) mass is 320 g/mol. The fourth-order valence-electron chi connectivity index (χ4n) is 3.04. The number of aliphatic hydroxyl groups excluding tert-OH is 1. The number of hydrogen-bond acceptors (Lipinski definition) is 3. The molecule has 128 valence electrons. The van der Waals surface area contributed by atoms with E-state index in [1.807, 2.05) is 26.0 Å². The molecule has 1 aromatic carbocycles. The lowest BCUT2D eigenvalue weighted by Crippen LogP contribution is -2.48. The lowest BCUT2D eigenvalue weighted by molar-refractivity contribution is 0.0737. The summed E-state index contributed by atoms with van der Waals surface area (Å²) in [6.07, 6.45) is 1.57. The number of rotatable bonds is 5. The molecule has 1 aromatic rings. The van der Waals surface area contributed by atoms with Crippen molar-refractivity contribution >= 4 is 6.03 Å². The Kier molecular flexibility index (Phi) is 6.28. The molecule has 5 nitrogen and oxygen atoms in total. The minimum atomic E-state index is -0.363. The number of carbonyl (C=O) groups is 1. The van der Waals surface area contributed by atoms with Crippen LogP contribution in [-0.4, -0.2) is 48.4 Å². The molecule has 1 heterocycles. The zero-order valence-electron chi connectivity index (χ0n) is 14.3. The van der Waals surface area contributed by atoms with Gasteiger partial charge in [0.2, 0.25) is 0 Å². The average molecular weight is 320 g/mol. The van der Waals surface area contributed by atoms with Crippen molar-refractivity contribution in [3.05, 3.63) is 29.3 Å². The summed E-state index contributed by atoms with van der Waals surface area (Å²) in [6, 6.07) is 6.02. The molecule has 1 fully saturated rings. The van der Waals surface area contributed by atoms with Gasteiger partial charge < -0.3 is 20.1 Å². The standard InChI is InChI=1S/C18H28N2O3/c1-13-9-14(2)11-17(10-13)23-8-6-19-18(22)20-7-4-5-16(12-20)15(3)21/h9-11,15-16,21H,4-8,12H2,1-3H3,(H,19,22)/t15-,16+/m1/s1. The predicted molar refractivity (Wildman–Crippen MR) is 90.8 cm³/mol. The van der Waals surface area contributed by atoms with E-state index in [1.54, 1.807) is 11.8 Å². The van der Waals surface area contributed by atoms with E-state index in [4.69, 9.17) is 4.74 Å². The normalized spacial score (nSPS) is 19.3. The van der Waals surface area contributed by atoms with E-state index in [1.165, 1.54) is 11.1 Å². The molecule has 0 bridgehead atoms. The van der Waals surface area contributed by atoms with E-state index in [9.17, 15) is 9.90 Å². The Bertz CT molecular complexity index is 511. The van der Waals surface area contributed by atoms with Crippen molar-refractivity contribution in [2.45, 2.75) is 39.7 Å². The van der Waals surface area contributed by atoms with Crippen LogP contribution in [-0.2, 0) is 0 Å². The number of aryl methyl sites for hydroxylation is 2. The molecule has 1 saturated heterocycles. The second-order valence-corrected chi connectivity index (χ2v) is 6.49. The van der Waals surface area contributed by atoms with Gasteiger partial charge in [0.25, 0.3) is 0 Å². The van der Waals surface area contributed by atoms with Crippen molar-refractivity contribution in [2.24, 2.45) is 5.92 Å². The Morgan fingerprint density at radius 3 is 2.74 bits per heavy atom. The molecule has 5 heteroatoms. The van der Waals surface area contributed by atoms with Crippen LogP contribution in [0.4, 0.5) is 4.79 Å². The van der Waals surface area contributed by atoms with Gasteiger partial charge in [0.15, 0.2) is 0 Å². The number of hydrogen-bond donors (Lipinski definition) is 2. The fraction of sp³-hybridized carbons (Fsp3) is 0.611. The number of carbonyl (C=O) groups excluding carboxylic acids is 1. The molecule has 1 aliphatic heterocycles. The zero-order chi connectivity index (χ0) is 16.8. The first kappa shape index (κ1) is 17.6. The van der Waals surface area contributed by atoms with Gasteiger partial charge in [-0.1, -0.05) is 6.07 Å². The number of likely N-dealkylation sites (tertiary alicyclic amines) is 1. The maximum Gasteiger partial charge on any atom is 0.317 e. The SMILES string of the molecule is Cc1cc(C)cc(OCCNC(=O)N2CCC[C@H]([C@@H](C)O)C2)c1. The highest BCUT2D eigenvalue weighted by Crippen LogP contribution is 2.19. The van der Waals surface area contributed by atoms with E-state index in [-0.39, 0.29) is 18.1 Å². The van der Waals surface area contributed by atoms with Gasteiger partial charge in [-0.2, -0.15) is 0 Å². The first-order chi connectivity index (χ1) is 11.0. The molecule has 2 N–H and O–H groups in total. The largest absolute Gasteiger partial charge is 0.492 e. The highest BCUT2D eigenvalue weighted by atomic mass is 16.5. The Balaban J connectivity index is 1.72. The summed E-state index contributed by atoms with van der Waals surface area (Å²) in [4.78, 5) is 14.0. The van der Waals surface area contributed by atoms with Crippen LogP contribution < -0.4 is 10.1 Å². The van der Waals surface area contributed by atoms with Gasteiger partial charge >= 0.3 is 6.03 Å². The Morgan fingerprint density at radius 1 is 1.39 bits per heavy atom. The Morgan fingerprint density at radius 2 is 2.09 bits per heavy atom. The lowest BCUT2D eigenvalue weighted by atomic mass is 9.94. The summed E-state index contributed by atoms with van der Waals surface area (Å²) >= 11 is 0. The van der Waals surface area contributed by atoms with Crippen LogP contribution in [0.5, 0.6) is 5.75 Å². The Hall–Kier alpha value is -1.75. The van der Waals surface area contributed by atoms with Gasteiger partial charge in [-0.25, -0.2) is 4.79 Å². The third kappa shape index (κ3) is 5.43. The second-order valence-electron chi connectivity index (χ2n) is 6.49. The van der Waals surface area contributed by atoms with E-state index in [0.29, 0.717) is 19.7 Å². The lowest BCUT2D eigenvalue weighted by Gasteiger charge is -2.34. The number of benzene rings is 1. The van der Waals surface area contributed by atoms with Crippen LogP contribution in [0, 0.1) is 19.8 Å². The Labute approximate surface area is 138 Å². The number of nitrogens with zero attached hydrogens (tertiary/aromatic N) is 1. The summed E-state index contributed by atoms with van der Waals surface area (Å²) in [5, 5.41) is 12.6. The topological polar surface area (TPSA) is 61.8 Å². The maximum absolute atomic E-state index is 12.2. The smallest absolute Gasteiger partial charge is 0.317 e. The number of aliphatic hydroxyl groups is 1. The molecule has 2 rings (SSSR count). The van der Waals surface area contributed by atoms with Crippen molar-refractivity contribution in [3.63, 3.8) is 0 Å². The van der Waals surface area contributed by atoms with E-state index >= 15 is 0 Å². The van der Waals surface area contributed by atoms with Gasteiger partial charge in [0.05, 0.1) is 12.6 Å². The first-order valence-electron chi connectivity index (χ1n) is 8.37. The summed E-state index contributed by atoms with van der Waals surface area (Å²) in [6.45, 7) is 8.18. The van der Waals surface area contributed by atoms with Crippen LogP contribution in [0.2, 0.25) is 0 Å². The molecule has 1 aliphatic rings. The molecule has 0 radical (unpaired) electrons. The number of amides is 2. The molecular formula is C18H28N2O3. The van der Waals surface area contributed by atoms with Crippen LogP contribution >= 0.6 is 0 Å². The molecule has 2 atom stereocenters. The van der Waals surface area contributed by atoms with Gasteiger partial charge in [-0.15, -0.1) is 0 Å². The van der Waals surface area contributed by atoms with Crippen LogP contribution in [0.3, 0.4) is 0 Å². The van der Waals surface area contributed by atoms with Gasteiger partial charge in [0, 0.05) is 19.0 Å². The first-order valence-corrected chi connectivity index (χ1v) is 8.37. The molecule has 0 aliphatic carbocycles. The molecule has 0 aromatic heterocycles. The minimum Gasteiger partial charge on any atom is -0.492 e. The summed E-state index contributed by atoms with van der Waals surface area (Å²) < 4.78 is 5.69. The maximum atomic E-state index is 12.2. The summed E-state index contributed by atoms with van der Waals surface area (Å²) in [5.41, 5.74) is 2.34. The van der Waals surface area contributed by atoms with Crippen molar-refractivity contribution in [1.82, 2.24) is 10.2 Å². The molecular weight excluding hydrogens is 292 g/mol. The third-order valence-electron chi connectivity index (χ3n) is 4.27. The van der Waals surface area contributed by atoms with Crippen molar-refractivity contribution in [1.29, 1.82) is 0 Å². The molecule has 0 spiro atoms. The number of piperidine rings is 1. The minimum absolute atomic E-state index is 0.0700. The van der Waals surface area contributed by atoms with Crippen LogP contribution in [0.15, 0.2) is 18.2 Å². The van der Waals surface area contributed by atoms with Crippen molar-refractivity contribution in [2.75, 3.05) is 26.2 Å². The average Bonchev–Trinajstić information content (AvgIpc) is 2.50. The summed E-state index contributed by atoms with van der Waals surface area (Å²) in [5.74, 6) is 1.02. The van der Waals surface area contributed by atoms with Gasteiger partial charge in [0.1, 0.15) is 12.4 Å². The number of urea groups is 1. The number of nitrogens with one attached hydrogen (secondary N) is 1. The second kappa shape index (κ2) is 8.20. The highest BCUT2D eigenvalue weighted by Gasteiger charge is 2.26. The number of ether oxygens (including phenoxy) is 1. The van der Waals surface area contributed by atoms with Crippen LogP contribution in [0.1, 0.15) is 30.9 Å². The molecule has 2 amide bonds. The van der Waals surface area contributed by atoms with Gasteiger partial charge in [-0.3, -0.25) is 0 Å². The van der Waals surface area contributed by atoms with Gasteiger partial charge in [-0.05, 0) is 56.9 Å². The fourth-order valence-corrected chi connectivity index (χ4v) is 3.04. The molecule has 0 unspecified atom stereocenters. The van der Waals surface area contributed by atoms with Crippen LogP contribution in [0.25, 0.3) is 0 Å². The predicted octanol–water partition coefficient (Wildman–Crippen LogP) is 2.48. The molecule has 0 saturated carbocycles. The highest BCUT2D eigenvalue weighted by molar-refractivity contribution is 5.74. The quantitative estimate of drug-likeness (QED) is 0.819. The van der Waals surface area contributed by atoms with Crippen molar-refractivity contribution in [3.8, 4) is 5.75 Å². The zero-order valence-corrected chi connectivity index (χ0v) is 14.3. The summed E-state index contributed by atoms with van der Waals surface area (Å²) in [7, 11) is 0.